The van der Waals surface area contributed by atoms with Crippen molar-refractivity contribution in [1.82, 2.24) is 5.32 Å². The van der Waals surface area contributed by atoms with Gasteiger partial charge in [-0.25, -0.2) is 0 Å². The van der Waals surface area contributed by atoms with E-state index in [0.717, 1.165) is 37.8 Å². The summed E-state index contributed by atoms with van der Waals surface area (Å²) in [5, 5.41) is 2.96. The number of benzene rings is 2. The molecule has 1 unspecified atom stereocenters. The Morgan fingerprint density at radius 3 is 2.26 bits per heavy atom. The summed E-state index contributed by atoms with van der Waals surface area (Å²) in [4.78, 5) is 11.9. The molecule has 3 N–H and O–H groups in total. The third-order valence-electron chi connectivity index (χ3n) is 3.94. The van der Waals surface area contributed by atoms with Gasteiger partial charge in [0.25, 0.3) is 0 Å². The fraction of sp³-hybridized carbons (Fsp3) is 0.350. The molecule has 0 aliphatic rings. The van der Waals surface area contributed by atoms with Crippen molar-refractivity contribution in [2.24, 2.45) is 5.73 Å². The monoisotopic (exact) mass is 310 g/mol. The number of carbonyl (C=O) groups is 1. The molecule has 23 heavy (non-hydrogen) atoms. The summed E-state index contributed by atoms with van der Waals surface area (Å²) >= 11 is 0. The molecule has 0 aromatic heterocycles. The maximum Gasteiger partial charge on any atom is 0.221 e. The summed E-state index contributed by atoms with van der Waals surface area (Å²) in [5.74, 6) is 0.0319. The molecule has 0 heterocycles. The number of hydrogen-bond acceptors (Lipinski definition) is 2. The zero-order chi connectivity index (χ0) is 16.3. The third-order valence-corrected chi connectivity index (χ3v) is 3.94. The van der Waals surface area contributed by atoms with Crippen molar-refractivity contribution in [3.05, 3.63) is 71.8 Å². The molecule has 0 spiro atoms. The van der Waals surface area contributed by atoms with E-state index >= 15 is 0 Å². The lowest BCUT2D eigenvalue weighted by Crippen LogP contribution is -2.28. The molecule has 0 fully saturated rings. The molecule has 3 heteroatoms. The lowest BCUT2D eigenvalue weighted by Gasteiger charge is -2.12. The molecule has 2 aromatic carbocycles. The van der Waals surface area contributed by atoms with Crippen molar-refractivity contribution in [3.63, 3.8) is 0 Å². The molecular formula is C20H26N2O. The zero-order valence-electron chi connectivity index (χ0n) is 13.6. The van der Waals surface area contributed by atoms with Crippen LogP contribution >= 0.6 is 0 Å². The molecule has 0 bridgehead atoms. The average molecular weight is 310 g/mol. The maximum absolute atomic E-state index is 11.9. The van der Waals surface area contributed by atoms with Crippen molar-refractivity contribution in [3.8, 4) is 0 Å². The predicted molar refractivity (Wildman–Crippen MR) is 95.0 cm³/mol. The van der Waals surface area contributed by atoms with Gasteiger partial charge in [0, 0.05) is 19.0 Å². The Bertz CT molecular complexity index is 569. The summed E-state index contributed by atoms with van der Waals surface area (Å²) in [6.07, 6.45) is 4.74. The molecule has 3 nitrogen and oxygen atoms in total. The molecule has 122 valence electrons. The molecule has 0 radical (unpaired) electrons. The predicted octanol–water partition coefficient (Wildman–Crippen LogP) is 3.61. The Morgan fingerprint density at radius 2 is 1.57 bits per heavy atom. The first-order valence-electron chi connectivity index (χ1n) is 8.37. The van der Waals surface area contributed by atoms with Crippen LogP contribution in [-0.4, -0.2) is 12.5 Å². The molecule has 2 aromatic rings. The minimum atomic E-state index is -0.228. The minimum Gasteiger partial charge on any atom is -0.356 e. The van der Waals surface area contributed by atoms with Crippen LogP contribution in [-0.2, 0) is 11.2 Å². The second kappa shape index (κ2) is 9.80. The standard InChI is InChI=1S/C20H26N2O/c21-19(18-13-7-2-8-14-18)16-20(23)22-15-9-3-6-12-17-10-4-1-5-11-17/h1-2,4-5,7-8,10-11,13-14,19H,3,6,9,12,15-16,21H2,(H,22,23). The Kier molecular flexibility index (Phi) is 7.34. The highest BCUT2D eigenvalue weighted by molar-refractivity contribution is 5.76. The lowest BCUT2D eigenvalue weighted by molar-refractivity contribution is -0.121. The molecule has 1 amide bonds. The number of nitrogens with two attached hydrogens (primary N) is 1. The number of rotatable bonds is 9. The fourth-order valence-corrected chi connectivity index (χ4v) is 2.59. The van der Waals surface area contributed by atoms with E-state index in [1.54, 1.807) is 0 Å². The van der Waals surface area contributed by atoms with Crippen molar-refractivity contribution in [2.75, 3.05) is 6.54 Å². The molecular weight excluding hydrogens is 284 g/mol. The van der Waals surface area contributed by atoms with Gasteiger partial charge in [-0.2, -0.15) is 0 Å². The quantitative estimate of drug-likeness (QED) is 0.695. The van der Waals surface area contributed by atoms with Crippen LogP contribution in [0.15, 0.2) is 60.7 Å². The average Bonchev–Trinajstić information content (AvgIpc) is 2.59. The van der Waals surface area contributed by atoms with Gasteiger partial charge in [-0.1, -0.05) is 67.1 Å². The van der Waals surface area contributed by atoms with Crippen LogP contribution in [0.25, 0.3) is 0 Å². The Labute approximate surface area is 138 Å². The van der Waals surface area contributed by atoms with E-state index in [4.69, 9.17) is 5.73 Å². The van der Waals surface area contributed by atoms with Crippen molar-refractivity contribution in [1.29, 1.82) is 0 Å². The lowest BCUT2D eigenvalue weighted by atomic mass is 10.0. The van der Waals surface area contributed by atoms with Crippen molar-refractivity contribution in [2.45, 2.75) is 38.1 Å². The largest absolute Gasteiger partial charge is 0.356 e. The molecule has 0 saturated carbocycles. The van der Waals surface area contributed by atoms with Crippen LogP contribution in [0.2, 0.25) is 0 Å². The second-order valence-corrected chi connectivity index (χ2v) is 5.87. The number of nitrogens with one attached hydrogen (secondary N) is 1. The van der Waals surface area contributed by atoms with E-state index in [9.17, 15) is 4.79 Å². The van der Waals surface area contributed by atoms with Gasteiger partial charge < -0.3 is 11.1 Å². The maximum atomic E-state index is 11.9. The topological polar surface area (TPSA) is 55.1 Å². The van der Waals surface area contributed by atoms with Crippen molar-refractivity contribution >= 4 is 5.91 Å². The summed E-state index contributed by atoms with van der Waals surface area (Å²) in [6.45, 7) is 0.731. The highest BCUT2D eigenvalue weighted by atomic mass is 16.1. The first-order valence-corrected chi connectivity index (χ1v) is 8.37. The summed E-state index contributed by atoms with van der Waals surface area (Å²) < 4.78 is 0. The summed E-state index contributed by atoms with van der Waals surface area (Å²) in [6, 6.07) is 20.0. The van der Waals surface area contributed by atoms with E-state index in [0.29, 0.717) is 6.42 Å². The van der Waals surface area contributed by atoms with E-state index in [1.165, 1.54) is 5.56 Å². The number of aryl methyl sites for hydroxylation is 1. The number of amides is 1. The molecule has 0 saturated heterocycles. The van der Waals surface area contributed by atoms with Crippen LogP contribution in [0.4, 0.5) is 0 Å². The van der Waals surface area contributed by atoms with Gasteiger partial charge in [0.15, 0.2) is 0 Å². The van der Waals surface area contributed by atoms with Crippen LogP contribution in [0.1, 0.15) is 42.9 Å². The van der Waals surface area contributed by atoms with Gasteiger partial charge in [-0.15, -0.1) is 0 Å². The van der Waals surface area contributed by atoms with Crippen LogP contribution in [0, 0.1) is 0 Å². The van der Waals surface area contributed by atoms with E-state index in [1.807, 2.05) is 36.4 Å². The first kappa shape index (κ1) is 17.2. The van der Waals surface area contributed by atoms with Gasteiger partial charge in [0.05, 0.1) is 0 Å². The zero-order valence-corrected chi connectivity index (χ0v) is 13.6. The number of carbonyl (C=O) groups excluding carboxylic acids is 1. The summed E-state index contributed by atoms with van der Waals surface area (Å²) in [5.41, 5.74) is 8.44. The fourth-order valence-electron chi connectivity index (χ4n) is 2.59. The molecule has 2 rings (SSSR count). The van der Waals surface area contributed by atoms with Gasteiger partial charge in [0.1, 0.15) is 0 Å². The van der Waals surface area contributed by atoms with E-state index in [-0.39, 0.29) is 11.9 Å². The number of hydrogen-bond donors (Lipinski definition) is 2. The van der Waals surface area contributed by atoms with Gasteiger partial charge in [-0.3, -0.25) is 4.79 Å². The smallest absolute Gasteiger partial charge is 0.221 e. The van der Waals surface area contributed by atoms with Crippen LogP contribution in [0.5, 0.6) is 0 Å². The SMILES string of the molecule is NC(CC(=O)NCCCCCc1ccccc1)c1ccccc1. The Morgan fingerprint density at radius 1 is 0.913 bits per heavy atom. The Hall–Kier alpha value is -2.13. The molecule has 0 aliphatic carbocycles. The van der Waals surface area contributed by atoms with Gasteiger partial charge >= 0.3 is 0 Å². The van der Waals surface area contributed by atoms with E-state index in [2.05, 4.69) is 29.6 Å². The highest BCUT2D eigenvalue weighted by Crippen LogP contribution is 2.12. The normalized spacial score (nSPS) is 11.9. The van der Waals surface area contributed by atoms with E-state index < -0.39 is 0 Å². The van der Waals surface area contributed by atoms with Crippen LogP contribution in [0.3, 0.4) is 0 Å². The number of unbranched alkanes of at least 4 members (excludes halogenated alkanes) is 2. The second-order valence-electron chi connectivity index (χ2n) is 5.87. The minimum absolute atomic E-state index is 0.0319. The highest BCUT2D eigenvalue weighted by Gasteiger charge is 2.10. The van der Waals surface area contributed by atoms with Crippen molar-refractivity contribution < 1.29 is 4.79 Å². The summed E-state index contributed by atoms with van der Waals surface area (Å²) in [7, 11) is 0. The van der Waals surface area contributed by atoms with Gasteiger partial charge in [-0.05, 0) is 30.4 Å². The third kappa shape index (κ3) is 6.66. The van der Waals surface area contributed by atoms with Crippen LogP contribution < -0.4 is 11.1 Å². The molecule has 0 aliphatic heterocycles. The Balaban J connectivity index is 1.55. The van der Waals surface area contributed by atoms with Gasteiger partial charge in [0.2, 0.25) is 5.91 Å². The first-order chi connectivity index (χ1) is 11.3. The molecule has 1 atom stereocenters.